The summed E-state index contributed by atoms with van der Waals surface area (Å²) in [6, 6.07) is 6.31. The Bertz CT molecular complexity index is 822. The Hall–Kier alpha value is -2.25. The zero-order valence-corrected chi connectivity index (χ0v) is 15.2. The molecular weight excluding hydrogens is 333 g/mol. The third kappa shape index (κ3) is 3.01. The van der Waals surface area contributed by atoms with Crippen molar-refractivity contribution in [3.8, 4) is 0 Å². The molecule has 0 bridgehead atoms. The zero-order chi connectivity index (χ0) is 18.3. The van der Waals surface area contributed by atoms with Gasteiger partial charge in [0.1, 0.15) is 11.6 Å². The summed E-state index contributed by atoms with van der Waals surface area (Å²) in [4.78, 5) is 23.3. The van der Waals surface area contributed by atoms with Crippen molar-refractivity contribution in [2.45, 2.75) is 18.5 Å². The monoisotopic (exact) mass is 357 g/mol. The van der Waals surface area contributed by atoms with Gasteiger partial charge in [-0.05, 0) is 31.7 Å². The third-order valence-electron chi connectivity index (χ3n) is 5.75. The largest absolute Gasteiger partial charge is 0.337 e. The number of halogens is 1. The van der Waals surface area contributed by atoms with Gasteiger partial charge in [0.2, 0.25) is 5.91 Å². The van der Waals surface area contributed by atoms with Crippen LogP contribution >= 0.6 is 0 Å². The number of benzene rings is 1. The van der Waals surface area contributed by atoms with E-state index in [0.29, 0.717) is 18.8 Å². The summed E-state index contributed by atoms with van der Waals surface area (Å²) < 4.78 is 15.7. The van der Waals surface area contributed by atoms with Crippen LogP contribution in [0.3, 0.4) is 0 Å². The second-order valence-electron chi connectivity index (χ2n) is 7.46. The van der Waals surface area contributed by atoms with Crippen LogP contribution in [0, 0.1) is 5.82 Å². The van der Waals surface area contributed by atoms with Crippen LogP contribution in [0.1, 0.15) is 12.2 Å². The predicted molar refractivity (Wildman–Crippen MR) is 97.2 cm³/mol. The average Bonchev–Trinajstić information content (AvgIpc) is 3.19. The average molecular weight is 357 g/mol. The Labute approximate surface area is 152 Å². The number of hydrogen-bond donors (Lipinski definition) is 0. The number of aromatic nitrogens is 2. The second-order valence-corrected chi connectivity index (χ2v) is 7.46. The number of rotatable bonds is 3. The van der Waals surface area contributed by atoms with Gasteiger partial charge in [-0.3, -0.25) is 14.6 Å². The van der Waals surface area contributed by atoms with E-state index in [2.05, 4.69) is 14.8 Å². The summed E-state index contributed by atoms with van der Waals surface area (Å²) in [6.45, 7) is 3.57. The van der Waals surface area contributed by atoms with Crippen molar-refractivity contribution in [2.24, 2.45) is 7.05 Å². The summed E-state index contributed by atoms with van der Waals surface area (Å²) in [5.41, 5.74) is 0.538. The van der Waals surface area contributed by atoms with Gasteiger partial charge in [-0.15, -0.1) is 0 Å². The van der Waals surface area contributed by atoms with Crippen molar-refractivity contribution in [3.05, 3.63) is 48.3 Å². The normalized spacial score (nSPS) is 24.7. The van der Waals surface area contributed by atoms with E-state index < -0.39 is 0 Å². The molecule has 0 aliphatic carbocycles. The first-order valence-corrected chi connectivity index (χ1v) is 8.93. The highest BCUT2D eigenvalue weighted by Crippen LogP contribution is 2.34. The Kier molecular flexibility index (Phi) is 4.28. The SMILES string of the molecule is CN1CC(=O)N(c2cccc(F)c2)CC12CCN(Cc1nccn1C)C2. The lowest BCUT2D eigenvalue weighted by molar-refractivity contribution is -0.123. The fraction of sp³-hybridized carbons (Fsp3) is 0.474. The number of hydrogen-bond acceptors (Lipinski definition) is 4. The van der Waals surface area contributed by atoms with E-state index in [9.17, 15) is 9.18 Å². The molecule has 1 aromatic carbocycles. The molecule has 138 valence electrons. The molecule has 1 atom stereocenters. The topological polar surface area (TPSA) is 44.6 Å². The van der Waals surface area contributed by atoms with Crippen molar-refractivity contribution in [3.63, 3.8) is 0 Å². The van der Waals surface area contributed by atoms with Gasteiger partial charge in [0.15, 0.2) is 0 Å². The van der Waals surface area contributed by atoms with Crippen LogP contribution < -0.4 is 4.90 Å². The molecular formula is C19H24FN5O. The first-order chi connectivity index (χ1) is 12.5. The molecule has 3 heterocycles. The van der Waals surface area contributed by atoms with E-state index >= 15 is 0 Å². The predicted octanol–water partition coefficient (Wildman–Crippen LogP) is 1.48. The second kappa shape index (κ2) is 6.48. The highest BCUT2D eigenvalue weighted by atomic mass is 19.1. The van der Waals surface area contributed by atoms with Gasteiger partial charge in [-0.2, -0.15) is 0 Å². The van der Waals surface area contributed by atoms with E-state index in [4.69, 9.17) is 0 Å². The number of likely N-dealkylation sites (tertiary alicyclic amines) is 1. The third-order valence-corrected chi connectivity index (χ3v) is 5.75. The van der Waals surface area contributed by atoms with Crippen molar-refractivity contribution >= 4 is 11.6 Å². The van der Waals surface area contributed by atoms with E-state index in [1.807, 2.05) is 31.1 Å². The molecule has 2 saturated heterocycles. The van der Waals surface area contributed by atoms with Gasteiger partial charge in [-0.1, -0.05) is 6.07 Å². The van der Waals surface area contributed by atoms with Crippen LogP contribution in [0.5, 0.6) is 0 Å². The Morgan fingerprint density at radius 1 is 1.27 bits per heavy atom. The number of nitrogens with zero attached hydrogens (tertiary/aromatic N) is 5. The van der Waals surface area contributed by atoms with Gasteiger partial charge in [0.05, 0.1) is 18.6 Å². The van der Waals surface area contributed by atoms with Gasteiger partial charge in [-0.25, -0.2) is 9.37 Å². The molecule has 2 aromatic rings. The highest BCUT2D eigenvalue weighted by molar-refractivity contribution is 5.96. The fourth-order valence-corrected chi connectivity index (χ4v) is 4.10. The van der Waals surface area contributed by atoms with Gasteiger partial charge in [0, 0.05) is 44.8 Å². The number of aryl methyl sites for hydroxylation is 1. The Morgan fingerprint density at radius 3 is 2.85 bits per heavy atom. The number of imidazole rings is 1. The lowest BCUT2D eigenvalue weighted by Gasteiger charge is -2.47. The van der Waals surface area contributed by atoms with Crippen molar-refractivity contribution in [1.29, 1.82) is 0 Å². The molecule has 1 spiro atoms. The number of amides is 1. The molecule has 26 heavy (non-hydrogen) atoms. The lowest BCUT2D eigenvalue weighted by Crippen LogP contribution is -2.64. The highest BCUT2D eigenvalue weighted by Gasteiger charge is 2.47. The molecule has 2 aliphatic rings. The van der Waals surface area contributed by atoms with Gasteiger partial charge in [0.25, 0.3) is 0 Å². The van der Waals surface area contributed by atoms with Crippen molar-refractivity contribution < 1.29 is 9.18 Å². The molecule has 1 aromatic heterocycles. The van der Waals surface area contributed by atoms with E-state index in [1.54, 1.807) is 17.0 Å². The maximum Gasteiger partial charge on any atom is 0.241 e. The summed E-state index contributed by atoms with van der Waals surface area (Å²) in [5.74, 6) is 0.746. The summed E-state index contributed by atoms with van der Waals surface area (Å²) in [7, 11) is 4.02. The molecule has 6 nitrogen and oxygen atoms in total. The molecule has 0 radical (unpaired) electrons. The number of carbonyl (C=O) groups excluding carboxylic acids is 1. The molecule has 2 fully saturated rings. The van der Waals surface area contributed by atoms with Gasteiger partial charge >= 0.3 is 0 Å². The maximum absolute atomic E-state index is 13.6. The van der Waals surface area contributed by atoms with Crippen LogP contribution in [0.15, 0.2) is 36.7 Å². The quantitative estimate of drug-likeness (QED) is 0.835. The standard InChI is InChI=1S/C19H24FN5O/c1-22-9-7-21-17(22)11-24-8-6-19(13-24)14-25(18(26)12-23(19)2)16-5-3-4-15(20)10-16/h3-5,7,9-10H,6,8,11-14H2,1-2H3. The van der Waals surface area contributed by atoms with E-state index in [1.165, 1.54) is 12.1 Å². The van der Waals surface area contributed by atoms with Crippen molar-refractivity contribution in [1.82, 2.24) is 19.4 Å². The van der Waals surface area contributed by atoms with Crippen LogP contribution in [0.4, 0.5) is 10.1 Å². The van der Waals surface area contributed by atoms with Crippen LogP contribution in [-0.2, 0) is 18.4 Å². The lowest BCUT2D eigenvalue weighted by atomic mass is 9.92. The smallest absolute Gasteiger partial charge is 0.241 e. The zero-order valence-electron chi connectivity index (χ0n) is 15.2. The molecule has 0 saturated carbocycles. The minimum Gasteiger partial charge on any atom is -0.337 e. The Morgan fingerprint density at radius 2 is 2.12 bits per heavy atom. The molecule has 7 heteroatoms. The molecule has 1 unspecified atom stereocenters. The molecule has 1 amide bonds. The van der Waals surface area contributed by atoms with Crippen LogP contribution in [0.25, 0.3) is 0 Å². The van der Waals surface area contributed by atoms with E-state index in [0.717, 1.165) is 31.9 Å². The first-order valence-electron chi connectivity index (χ1n) is 8.93. The van der Waals surface area contributed by atoms with Gasteiger partial charge < -0.3 is 9.47 Å². The number of carbonyl (C=O) groups is 1. The molecule has 0 N–H and O–H groups in total. The van der Waals surface area contributed by atoms with Crippen LogP contribution in [-0.4, -0.2) is 64.0 Å². The minimum absolute atomic E-state index is 0.0197. The van der Waals surface area contributed by atoms with Crippen molar-refractivity contribution in [2.75, 3.05) is 38.1 Å². The van der Waals surface area contributed by atoms with E-state index in [-0.39, 0.29) is 17.3 Å². The molecule has 2 aliphatic heterocycles. The number of likely N-dealkylation sites (N-methyl/N-ethyl adjacent to an activating group) is 1. The number of piperazine rings is 1. The summed E-state index contributed by atoms with van der Waals surface area (Å²) in [5, 5.41) is 0. The Balaban J connectivity index is 1.53. The van der Waals surface area contributed by atoms with Crippen LogP contribution in [0.2, 0.25) is 0 Å². The number of anilines is 1. The molecule has 4 rings (SSSR count). The summed E-state index contributed by atoms with van der Waals surface area (Å²) >= 11 is 0. The minimum atomic E-state index is -0.314. The fourth-order valence-electron chi connectivity index (χ4n) is 4.10. The maximum atomic E-state index is 13.6. The first kappa shape index (κ1) is 17.2. The summed E-state index contributed by atoms with van der Waals surface area (Å²) in [6.07, 6.45) is 4.75.